The Kier molecular flexibility index (Phi) is 3.77. The number of hydrogen-bond acceptors (Lipinski definition) is 4. The molecule has 2 aromatic rings. The first-order chi connectivity index (χ1) is 8.97. The van der Waals surface area contributed by atoms with Crippen LogP contribution in [-0.4, -0.2) is 22.0 Å². The molecule has 0 aliphatic carbocycles. The van der Waals surface area contributed by atoms with Crippen LogP contribution in [0.4, 0.5) is 10.1 Å². The van der Waals surface area contributed by atoms with Crippen molar-refractivity contribution in [2.75, 3.05) is 5.32 Å². The smallest absolute Gasteiger partial charge is 0.355 e. The van der Waals surface area contributed by atoms with Crippen molar-refractivity contribution in [2.24, 2.45) is 0 Å². The molecule has 0 radical (unpaired) electrons. The number of hydrogen-bond donors (Lipinski definition) is 2. The number of carbonyl (C=O) groups excluding carboxylic acids is 1. The minimum absolute atomic E-state index is 0.0724. The number of aromatic nitrogens is 1. The van der Waals surface area contributed by atoms with Gasteiger partial charge in [0.15, 0.2) is 10.7 Å². The lowest BCUT2D eigenvalue weighted by atomic mass is 10.3. The number of benzene rings is 1. The van der Waals surface area contributed by atoms with Crippen molar-refractivity contribution in [3.63, 3.8) is 0 Å². The molecule has 0 aliphatic rings. The average molecular weight is 301 g/mol. The Hall–Kier alpha value is -1.99. The number of rotatable bonds is 3. The molecule has 0 saturated carbocycles. The molecule has 2 N–H and O–H groups in total. The molecule has 0 bridgehead atoms. The molecule has 1 amide bonds. The predicted octanol–water partition coefficient (Wildman–Crippen LogP) is 2.89. The van der Waals surface area contributed by atoms with Crippen LogP contribution in [0.3, 0.4) is 0 Å². The zero-order valence-corrected chi connectivity index (χ0v) is 10.8. The van der Waals surface area contributed by atoms with Crippen LogP contribution in [0.2, 0.25) is 5.02 Å². The number of carboxylic acids is 1. The van der Waals surface area contributed by atoms with Gasteiger partial charge in [-0.2, -0.15) is 0 Å². The molecular formula is C11H6ClFN2O3S. The van der Waals surface area contributed by atoms with E-state index in [0.29, 0.717) is 0 Å². The second-order valence-electron chi connectivity index (χ2n) is 3.42. The second kappa shape index (κ2) is 5.33. The molecule has 5 nitrogen and oxygen atoms in total. The summed E-state index contributed by atoms with van der Waals surface area (Å²) >= 11 is 6.54. The summed E-state index contributed by atoms with van der Waals surface area (Å²) in [7, 11) is 0. The normalized spacial score (nSPS) is 10.2. The number of thiazole rings is 1. The lowest BCUT2D eigenvalue weighted by Gasteiger charge is -2.04. The van der Waals surface area contributed by atoms with Crippen LogP contribution in [0.5, 0.6) is 0 Å². The summed E-state index contributed by atoms with van der Waals surface area (Å²) in [5, 5.41) is 12.4. The summed E-state index contributed by atoms with van der Waals surface area (Å²) < 4.78 is 13.4. The van der Waals surface area contributed by atoms with Gasteiger partial charge in [0, 0.05) is 10.4 Å². The zero-order valence-electron chi connectivity index (χ0n) is 9.18. The maximum atomic E-state index is 13.4. The Morgan fingerprint density at radius 3 is 2.79 bits per heavy atom. The molecule has 1 aromatic carbocycles. The minimum Gasteiger partial charge on any atom is -0.476 e. The van der Waals surface area contributed by atoms with Gasteiger partial charge in [-0.05, 0) is 18.2 Å². The summed E-state index contributed by atoms with van der Waals surface area (Å²) in [5.74, 6) is -2.57. The SMILES string of the molecule is O=C(O)c1csc(C(=O)Nc2cc(Cl)ccc2F)n1. The molecule has 98 valence electrons. The first-order valence-electron chi connectivity index (χ1n) is 4.92. The Balaban J connectivity index is 2.20. The van der Waals surface area contributed by atoms with Crippen molar-refractivity contribution in [1.82, 2.24) is 4.98 Å². The van der Waals surface area contributed by atoms with Crippen LogP contribution in [0.15, 0.2) is 23.6 Å². The fraction of sp³-hybridized carbons (Fsp3) is 0. The van der Waals surface area contributed by atoms with Crippen molar-refractivity contribution >= 4 is 40.5 Å². The van der Waals surface area contributed by atoms with E-state index >= 15 is 0 Å². The average Bonchev–Trinajstić information content (AvgIpc) is 2.83. The molecule has 0 spiro atoms. The number of nitrogens with zero attached hydrogens (tertiary/aromatic N) is 1. The fourth-order valence-electron chi connectivity index (χ4n) is 1.25. The van der Waals surface area contributed by atoms with E-state index in [1.807, 2.05) is 0 Å². The van der Waals surface area contributed by atoms with Crippen molar-refractivity contribution in [3.8, 4) is 0 Å². The topological polar surface area (TPSA) is 79.3 Å². The van der Waals surface area contributed by atoms with E-state index in [4.69, 9.17) is 16.7 Å². The highest BCUT2D eigenvalue weighted by Crippen LogP contribution is 2.21. The van der Waals surface area contributed by atoms with Crippen molar-refractivity contribution < 1.29 is 19.1 Å². The Morgan fingerprint density at radius 1 is 1.42 bits per heavy atom. The highest BCUT2D eigenvalue weighted by atomic mass is 35.5. The van der Waals surface area contributed by atoms with Crippen LogP contribution < -0.4 is 5.32 Å². The molecular weight excluding hydrogens is 295 g/mol. The van der Waals surface area contributed by atoms with E-state index in [1.165, 1.54) is 17.5 Å². The van der Waals surface area contributed by atoms with Crippen molar-refractivity contribution in [3.05, 3.63) is 45.1 Å². The maximum Gasteiger partial charge on any atom is 0.355 e. The molecule has 19 heavy (non-hydrogen) atoms. The second-order valence-corrected chi connectivity index (χ2v) is 4.72. The van der Waals surface area contributed by atoms with E-state index in [0.717, 1.165) is 17.4 Å². The molecule has 1 heterocycles. The van der Waals surface area contributed by atoms with Gasteiger partial charge in [0.2, 0.25) is 0 Å². The van der Waals surface area contributed by atoms with Crippen LogP contribution >= 0.6 is 22.9 Å². The number of amides is 1. The number of halogens is 2. The van der Waals surface area contributed by atoms with E-state index < -0.39 is 17.7 Å². The fourth-order valence-corrected chi connectivity index (χ4v) is 2.10. The molecule has 0 atom stereocenters. The molecule has 0 fully saturated rings. The van der Waals surface area contributed by atoms with E-state index in [1.54, 1.807) is 0 Å². The lowest BCUT2D eigenvalue weighted by molar-refractivity contribution is 0.0691. The third-order valence-electron chi connectivity index (χ3n) is 2.09. The van der Waals surface area contributed by atoms with Gasteiger partial charge in [0.05, 0.1) is 5.69 Å². The minimum atomic E-state index is -1.23. The van der Waals surface area contributed by atoms with E-state index in [9.17, 15) is 14.0 Å². The molecule has 1 aromatic heterocycles. The van der Waals surface area contributed by atoms with E-state index in [2.05, 4.69) is 10.3 Å². The number of aromatic carboxylic acids is 1. The number of carbonyl (C=O) groups is 2. The van der Waals surface area contributed by atoms with Gasteiger partial charge in [-0.1, -0.05) is 11.6 Å². The van der Waals surface area contributed by atoms with Gasteiger partial charge >= 0.3 is 5.97 Å². The third kappa shape index (κ3) is 3.07. The molecule has 0 saturated heterocycles. The van der Waals surface area contributed by atoms with Crippen LogP contribution in [-0.2, 0) is 0 Å². The van der Waals surface area contributed by atoms with Gasteiger partial charge in [0.25, 0.3) is 5.91 Å². The van der Waals surface area contributed by atoms with Gasteiger partial charge < -0.3 is 10.4 Å². The Bertz CT molecular complexity index is 659. The summed E-state index contributed by atoms with van der Waals surface area (Å²) in [6.45, 7) is 0. The Labute approximate surface area is 115 Å². The quantitative estimate of drug-likeness (QED) is 0.913. The van der Waals surface area contributed by atoms with Gasteiger partial charge in [-0.3, -0.25) is 4.79 Å². The first kappa shape index (κ1) is 13.4. The molecule has 8 heteroatoms. The summed E-state index contributed by atoms with van der Waals surface area (Å²) in [6.07, 6.45) is 0. The lowest BCUT2D eigenvalue weighted by Crippen LogP contribution is -2.13. The monoisotopic (exact) mass is 300 g/mol. The van der Waals surface area contributed by atoms with Gasteiger partial charge in [-0.15, -0.1) is 11.3 Å². The maximum absolute atomic E-state index is 13.4. The summed E-state index contributed by atoms with van der Waals surface area (Å²) in [6, 6.07) is 3.71. The summed E-state index contributed by atoms with van der Waals surface area (Å²) in [4.78, 5) is 26.0. The zero-order chi connectivity index (χ0) is 14.0. The molecule has 0 aliphatic heterocycles. The van der Waals surface area contributed by atoms with Crippen molar-refractivity contribution in [2.45, 2.75) is 0 Å². The standard InChI is InChI=1S/C11H6ClFN2O3S/c12-5-1-2-6(13)7(3-5)14-9(16)10-15-8(4-19-10)11(17)18/h1-4H,(H,14,16)(H,17,18). The summed E-state index contributed by atoms with van der Waals surface area (Å²) in [5.41, 5.74) is -0.328. The first-order valence-corrected chi connectivity index (χ1v) is 6.18. The van der Waals surface area contributed by atoms with Crippen LogP contribution in [0.1, 0.15) is 20.3 Å². The molecule has 0 unspecified atom stereocenters. The molecule has 2 rings (SSSR count). The number of anilines is 1. The van der Waals surface area contributed by atoms with E-state index in [-0.39, 0.29) is 21.4 Å². The van der Waals surface area contributed by atoms with Crippen LogP contribution in [0, 0.1) is 5.82 Å². The third-order valence-corrected chi connectivity index (χ3v) is 3.17. The highest BCUT2D eigenvalue weighted by molar-refractivity contribution is 7.12. The largest absolute Gasteiger partial charge is 0.476 e. The van der Waals surface area contributed by atoms with Crippen molar-refractivity contribution in [1.29, 1.82) is 0 Å². The number of nitrogens with one attached hydrogen (secondary N) is 1. The van der Waals surface area contributed by atoms with Crippen LogP contribution in [0.25, 0.3) is 0 Å². The van der Waals surface area contributed by atoms with Gasteiger partial charge in [-0.25, -0.2) is 14.2 Å². The van der Waals surface area contributed by atoms with Gasteiger partial charge in [0.1, 0.15) is 5.82 Å². The number of carboxylic acid groups (broad SMARTS) is 1. The Morgan fingerprint density at radius 2 is 2.16 bits per heavy atom. The predicted molar refractivity (Wildman–Crippen MR) is 68.4 cm³/mol. The highest BCUT2D eigenvalue weighted by Gasteiger charge is 2.16.